The van der Waals surface area contributed by atoms with Gasteiger partial charge in [-0.1, -0.05) is 12.1 Å². The molecule has 1 unspecified atom stereocenters. The number of carboxylic acid groups (broad SMARTS) is 1. The molecule has 0 aliphatic heterocycles. The van der Waals surface area contributed by atoms with Gasteiger partial charge in [-0.05, 0) is 12.1 Å². The third-order valence-corrected chi connectivity index (χ3v) is 2.00. The van der Waals surface area contributed by atoms with Gasteiger partial charge in [0.25, 0.3) is 0 Å². The summed E-state index contributed by atoms with van der Waals surface area (Å²) in [4.78, 5) is 21.8. The highest BCUT2D eigenvalue weighted by atomic mass is 16.4. The number of carboxylic acids is 1. The zero-order valence-electron chi connectivity index (χ0n) is 8.25. The van der Waals surface area contributed by atoms with Crippen LogP contribution < -0.4 is 0 Å². The summed E-state index contributed by atoms with van der Waals surface area (Å²) >= 11 is 0. The predicted molar refractivity (Wildman–Crippen MR) is 53.7 cm³/mol. The topological polar surface area (TPSA) is 98.4 Å². The number of rotatable bonds is 4. The molecule has 5 nitrogen and oxygen atoms in total. The molecule has 0 aliphatic carbocycles. The molecule has 5 heteroatoms. The van der Waals surface area contributed by atoms with E-state index in [9.17, 15) is 9.59 Å². The van der Waals surface area contributed by atoms with Crippen LogP contribution in [0.3, 0.4) is 0 Å². The Morgan fingerprint density at radius 2 is 1.88 bits per heavy atom. The van der Waals surface area contributed by atoms with Crippen molar-refractivity contribution in [1.82, 2.24) is 0 Å². The molecule has 16 heavy (non-hydrogen) atoms. The molecule has 2 N–H and O–H groups in total. The molecule has 0 heterocycles. The van der Waals surface area contributed by atoms with Crippen LogP contribution in [0.1, 0.15) is 22.3 Å². The minimum absolute atomic E-state index is 0.277. The Morgan fingerprint density at radius 1 is 1.31 bits per heavy atom. The first-order chi connectivity index (χ1) is 7.54. The minimum atomic E-state index is -1.69. The molecule has 0 amide bonds. The molecule has 0 aliphatic rings. The van der Waals surface area contributed by atoms with Crippen molar-refractivity contribution in [3.63, 3.8) is 0 Å². The smallest absolute Gasteiger partial charge is 0.332 e. The van der Waals surface area contributed by atoms with Crippen LogP contribution in [0, 0.1) is 11.3 Å². The van der Waals surface area contributed by atoms with Crippen molar-refractivity contribution in [2.24, 2.45) is 0 Å². The SMILES string of the molecule is N#Cc1ccc(C(=O)CC(O)C(=O)O)cc1. The number of aliphatic hydroxyl groups is 1. The lowest BCUT2D eigenvalue weighted by molar-refractivity contribution is -0.146. The second kappa shape index (κ2) is 5.05. The molecule has 1 aromatic rings. The highest BCUT2D eigenvalue weighted by molar-refractivity contribution is 5.98. The van der Waals surface area contributed by atoms with E-state index in [1.165, 1.54) is 24.3 Å². The molecule has 0 saturated heterocycles. The van der Waals surface area contributed by atoms with E-state index in [4.69, 9.17) is 15.5 Å². The van der Waals surface area contributed by atoms with Gasteiger partial charge in [-0.15, -0.1) is 0 Å². The van der Waals surface area contributed by atoms with Gasteiger partial charge in [0.15, 0.2) is 11.9 Å². The van der Waals surface area contributed by atoms with E-state index in [0.29, 0.717) is 5.56 Å². The van der Waals surface area contributed by atoms with Crippen molar-refractivity contribution in [1.29, 1.82) is 5.26 Å². The molecular weight excluding hydrogens is 210 g/mol. The number of hydrogen-bond donors (Lipinski definition) is 2. The third kappa shape index (κ3) is 2.90. The van der Waals surface area contributed by atoms with E-state index in [-0.39, 0.29) is 5.56 Å². The summed E-state index contributed by atoms with van der Waals surface area (Å²) in [5.74, 6) is -1.90. The molecule has 0 fully saturated rings. The lowest BCUT2D eigenvalue weighted by Gasteiger charge is -2.04. The number of ketones is 1. The molecule has 0 saturated carbocycles. The zero-order valence-corrected chi connectivity index (χ0v) is 8.25. The number of Topliss-reactive ketones (excluding diaryl/α,β-unsaturated/α-hetero) is 1. The van der Waals surface area contributed by atoms with Crippen LogP contribution in [0.5, 0.6) is 0 Å². The van der Waals surface area contributed by atoms with E-state index < -0.39 is 24.3 Å². The fraction of sp³-hybridized carbons (Fsp3) is 0.182. The molecule has 1 rings (SSSR count). The quantitative estimate of drug-likeness (QED) is 0.721. The molecule has 0 radical (unpaired) electrons. The van der Waals surface area contributed by atoms with Crippen LogP contribution >= 0.6 is 0 Å². The summed E-state index contributed by atoms with van der Waals surface area (Å²) < 4.78 is 0. The summed E-state index contributed by atoms with van der Waals surface area (Å²) in [7, 11) is 0. The molecule has 82 valence electrons. The largest absolute Gasteiger partial charge is 0.479 e. The highest BCUT2D eigenvalue weighted by Gasteiger charge is 2.18. The maximum absolute atomic E-state index is 11.5. The second-order valence-corrected chi connectivity index (χ2v) is 3.17. The number of benzene rings is 1. The number of nitrogens with zero attached hydrogens (tertiary/aromatic N) is 1. The maximum Gasteiger partial charge on any atom is 0.332 e. The zero-order chi connectivity index (χ0) is 12.1. The van der Waals surface area contributed by atoms with Crippen molar-refractivity contribution in [2.75, 3.05) is 0 Å². The van der Waals surface area contributed by atoms with E-state index in [1.807, 2.05) is 6.07 Å². The van der Waals surface area contributed by atoms with Crippen molar-refractivity contribution < 1.29 is 19.8 Å². The van der Waals surface area contributed by atoms with Crippen LogP contribution in [0.25, 0.3) is 0 Å². The standard InChI is InChI=1S/C11H9NO4/c12-6-7-1-3-8(4-2-7)9(13)5-10(14)11(15)16/h1-4,10,14H,5H2,(H,15,16). The average Bonchev–Trinajstić information content (AvgIpc) is 2.28. The third-order valence-electron chi connectivity index (χ3n) is 2.00. The fourth-order valence-electron chi connectivity index (χ4n) is 1.11. The minimum Gasteiger partial charge on any atom is -0.479 e. The number of hydrogen-bond acceptors (Lipinski definition) is 4. The van der Waals surface area contributed by atoms with Gasteiger partial charge in [0.2, 0.25) is 0 Å². The number of carbonyl (C=O) groups excluding carboxylic acids is 1. The number of carbonyl (C=O) groups is 2. The van der Waals surface area contributed by atoms with Crippen molar-refractivity contribution in [3.8, 4) is 6.07 Å². The Hall–Kier alpha value is -2.19. The number of nitriles is 1. The first-order valence-electron chi connectivity index (χ1n) is 4.49. The lowest BCUT2D eigenvalue weighted by Crippen LogP contribution is -2.23. The first kappa shape index (κ1) is 11.9. The Bertz CT molecular complexity index is 444. The highest BCUT2D eigenvalue weighted by Crippen LogP contribution is 2.08. The normalized spacial score (nSPS) is 11.5. The van der Waals surface area contributed by atoms with Crippen LogP contribution in [-0.4, -0.2) is 28.1 Å². The Labute approximate surface area is 91.6 Å². The molecule has 0 bridgehead atoms. The van der Waals surface area contributed by atoms with Gasteiger partial charge in [0, 0.05) is 12.0 Å². The summed E-state index contributed by atoms with van der Waals surface area (Å²) in [5.41, 5.74) is 0.689. The molecular formula is C11H9NO4. The Morgan fingerprint density at radius 3 is 2.31 bits per heavy atom. The van der Waals surface area contributed by atoms with Crippen LogP contribution in [0.15, 0.2) is 24.3 Å². The van der Waals surface area contributed by atoms with Gasteiger partial charge in [0.05, 0.1) is 11.6 Å². The van der Waals surface area contributed by atoms with Crippen molar-refractivity contribution in [2.45, 2.75) is 12.5 Å². The molecule has 0 aromatic heterocycles. The van der Waals surface area contributed by atoms with Gasteiger partial charge in [0.1, 0.15) is 0 Å². The maximum atomic E-state index is 11.5. The van der Waals surface area contributed by atoms with E-state index in [1.54, 1.807) is 0 Å². The van der Waals surface area contributed by atoms with Crippen molar-refractivity contribution >= 4 is 11.8 Å². The van der Waals surface area contributed by atoms with Crippen LogP contribution in [0.2, 0.25) is 0 Å². The van der Waals surface area contributed by atoms with Gasteiger partial charge >= 0.3 is 5.97 Å². The van der Waals surface area contributed by atoms with Gasteiger partial charge < -0.3 is 10.2 Å². The van der Waals surface area contributed by atoms with E-state index in [2.05, 4.69) is 0 Å². The predicted octanol–water partition coefficient (Wildman–Crippen LogP) is 0.577. The Kier molecular flexibility index (Phi) is 3.75. The van der Waals surface area contributed by atoms with Crippen LogP contribution in [-0.2, 0) is 4.79 Å². The summed E-state index contributed by atoms with van der Waals surface area (Å²) in [6.07, 6.45) is -2.16. The summed E-state index contributed by atoms with van der Waals surface area (Å²) in [5, 5.41) is 25.9. The second-order valence-electron chi connectivity index (χ2n) is 3.17. The summed E-state index contributed by atoms with van der Waals surface area (Å²) in [6.45, 7) is 0. The first-order valence-corrected chi connectivity index (χ1v) is 4.49. The fourth-order valence-corrected chi connectivity index (χ4v) is 1.11. The number of aliphatic hydroxyl groups excluding tert-OH is 1. The molecule has 1 aromatic carbocycles. The van der Waals surface area contributed by atoms with Crippen LogP contribution in [0.4, 0.5) is 0 Å². The monoisotopic (exact) mass is 219 g/mol. The van der Waals surface area contributed by atoms with Gasteiger partial charge in [-0.3, -0.25) is 4.79 Å². The summed E-state index contributed by atoms with van der Waals surface area (Å²) in [6, 6.07) is 7.67. The Balaban J connectivity index is 2.74. The van der Waals surface area contributed by atoms with E-state index >= 15 is 0 Å². The molecule has 0 spiro atoms. The lowest BCUT2D eigenvalue weighted by atomic mass is 10.0. The van der Waals surface area contributed by atoms with Crippen molar-refractivity contribution in [3.05, 3.63) is 35.4 Å². The average molecular weight is 219 g/mol. The van der Waals surface area contributed by atoms with Gasteiger partial charge in [-0.2, -0.15) is 5.26 Å². The number of aliphatic carboxylic acids is 1. The van der Waals surface area contributed by atoms with Gasteiger partial charge in [-0.25, -0.2) is 4.79 Å². The van der Waals surface area contributed by atoms with E-state index in [0.717, 1.165) is 0 Å². The molecule has 1 atom stereocenters.